The number of benzene rings is 1. The molecule has 102 valence electrons. The van der Waals surface area contributed by atoms with Gasteiger partial charge in [0.05, 0.1) is 5.69 Å². The van der Waals surface area contributed by atoms with E-state index in [0.717, 1.165) is 29.8 Å². The lowest BCUT2D eigenvalue weighted by Crippen LogP contribution is -2.07. The molecule has 0 aliphatic carbocycles. The molecule has 0 aliphatic heterocycles. The number of hydrogen-bond donors (Lipinski definition) is 2. The van der Waals surface area contributed by atoms with Crippen molar-refractivity contribution in [2.75, 3.05) is 11.1 Å². The summed E-state index contributed by atoms with van der Waals surface area (Å²) >= 11 is 0. The van der Waals surface area contributed by atoms with Gasteiger partial charge in [0.15, 0.2) is 5.82 Å². The van der Waals surface area contributed by atoms with Crippen LogP contribution in [0.5, 0.6) is 0 Å². The van der Waals surface area contributed by atoms with E-state index in [9.17, 15) is 5.26 Å². The second kappa shape index (κ2) is 6.02. The Balaban J connectivity index is 2.42. The van der Waals surface area contributed by atoms with E-state index >= 15 is 0 Å². The quantitative estimate of drug-likeness (QED) is 0.832. The van der Waals surface area contributed by atoms with Crippen molar-refractivity contribution >= 4 is 17.2 Å². The van der Waals surface area contributed by atoms with Gasteiger partial charge in [0.25, 0.3) is 0 Å². The van der Waals surface area contributed by atoms with Crippen molar-refractivity contribution in [2.24, 2.45) is 0 Å². The van der Waals surface area contributed by atoms with Gasteiger partial charge in [0.1, 0.15) is 11.6 Å². The average molecular weight is 267 g/mol. The summed E-state index contributed by atoms with van der Waals surface area (Å²) in [5.74, 6) is 0.492. The average Bonchev–Trinajstić information content (AvgIpc) is 2.48. The number of aryl methyl sites for hydroxylation is 1. The minimum atomic E-state index is 0.492. The van der Waals surface area contributed by atoms with Crippen LogP contribution >= 0.6 is 0 Å². The highest BCUT2D eigenvalue weighted by Crippen LogP contribution is 2.23. The molecule has 1 heterocycles. The molecule has 0 unspecified atom stereocenters. The molecule has 0 saturated heterocycles. The van der Waals surface area contributed by atoms with E-state index in [-0.39, 0.29) is 0 Å². The van der Waals surface area contributed by atoms with Crippen LogP contribution in [0.25, 0.3) is 0 Å². The first-order chi connectivity index (χ1) is 9.69. The summed E-state index contributed by atoms with van der Waals surface area (Å²) in [6.07, 6.45) is 1.53. The number of nitrogens with one attached hydrogen (secondary N) is 1. The van der Waals surface area contributed by atoms with Crippen LogP contribution in [-0.2, 0) is 12.8 Å². The van der Waals surface area contributed by atoms with Gasteiger partial charge in [0.2, 0.25) is 0 Å². The van der Waals surface area contributed by atoms with Crippen molar-refractivity contribution < 1.29 is 0 Å². The highest BCUT2D eigenvalue weighted by molar-refractivity contribution is 5.65. The molecule has 1 aromatic carbocycles. The van der Waals surface area contributed by atoms with E-state index in [2.05, 4.69) is 21.6 Å². The first kappa shape index (κ1) is 13.8. The van der Waals surface area contributed by atoms with Gasteiger partial charge in [-0.2, -0.15) is 10.4 Å². The minimum absolute atomic E-state index is 0.492. The molecule has 0 bridgehead atoms. The number of nitrogens with zero attached hydrogens (tertiary/aromatic N) is 3. The highest BCUT2D eigenvalue weighted by Gasteiger charge is 2.14. The van der Waals surface area contributed by atoms with Gasteiger partial charge < -0.3 is 11.1 Å². The van der Waals surface area contributed by atoms with Gasteiger partial charge in [0, 0.05) is 11.4 Å². The predicted octanol–water partition coefficient (Wildman–Crippen LogP) is 2.80. The lowest BCUT2D eigenvalue weighted by molar-refractivity contribution is 0.877. The number of aromatic nitrogens is 2. The summed E-state index contributed by atoms with van der Waals surface area (Å²) in [6.45, 7) is 4.03. The van der Waals surface area contributed by atoms with Crippen LogP contribution in [0.2, 0.25) is 0 Å². The zero-order valence-corrected chi connectivity index (χ0v) is 11.6. The zero-order valence-electron chi connectivity index (χ0n) is 11.6. The second-order valence-corrected chi connectivity index (χ2v) is 4.41. The summed E-state index contributed by atoms with van der Waals surface area (Å²) < 4.78 is 0. The number of nitrogen functional groups attached to an aromatic ring is 1. The summed E-state index contributed by atoms with van der Waals surface area (Å²) in [6, 6.07) is 9.51. The first-order valence-electron chi connectivity index (χ1n) is 6.60. The van der Waals surface area contributed by atoms with Crippen molar-refractivity contribution in [2.45, 2.75) is 26.7 Å². The van der Waals surface area contributed by atoms with Crippen molar-refractivity contribution in [1.82, 2.24) is 10.2 Å². The van der Waals surface area contributed by atoms with Crippen LogP contribution in [0.15, 0.2) is 24.3 Å². The van der Waals surface area contributed by atoms with Crippen LogP contribution in [0.3, 0.4) is 0 Å². The van der Waals surface area contributed by atoms with E-state index in [1.165, 1.54) is 0 Å². The van der Waals surface area contributed by atoms with Gasteiger partial charge in [-0.25, -0.2) is 0 Å². The van der Waals surface area contributed by atoms with E-state index in [1.807, 2.05) is 26.0 Å². The third-order valence-corrected chi connectivity index (χ3v) is 3.13. The topological polar surface area (TPSA) is 87.6 Å². The third-order valence-electron chi connectivity index (χ3n) is 3.13. The molecule has 3 N–H and O–H groups in total. The second-order valence-electron chi connectivity index (χ2n) is 4.41. The maximum Gasteiger partial charge on any atom is 0.171 e. The molecule has 5 heteroatoms. The smallest absolute Gasteiger partial charge is 0.171 e. The molecule has 0 saturated carbocycles. The van der Waals surface area contributed by atoms with Crippen molar-refractivity contribution in [3.63, 3.8) is 0 Å². The van der Waals surface area contributed by atoms with Gasteiger partial charge in [-0.05, 0) is 42.7 Å². The van der Waals surface area contributed by atoms with Crippen molar-refractivity contribution in [3.05, 3.63) is 41.1 Å². The Morgan fingerprint density at radius 3 is 2.40 bits per heavy atom. The summed E-state index contributed by atoms with van der Waals surface area (Å²) in [4.78, 5) is 0. The van der Waals surface area contributed by atoms with Crippen molar-refractivity contribution in [1.29, 1.82) is 5.26 Å². The molecule has 0 amide bonds. The van der Waals surface area contributed by atoms with E-state index < -0.39 is 0 Å². The van der Waals surface area contributed by atoms with Crippen LogP contribution < -0.4 is 11.1 Å². The molecule has 0 fully saturated rings. The molecule has 1 aromatic heterocycles. The standard InChI is InChI=1S/C15H17N5/c1-3-12-13(9-16)15(20-19-14(12)4-2)18-11-7-5-10(17)6-8-11/h5-8H,3-4,17H2,1-2H3,(H,18,20). The molecule has 5 nitrogen and oxygen atoms in total. The normalized spacial score (nSPS) is 10.1. The van der Waals surface area contributed by atoms with Gasteiger partial charge in [-0.1, -0.05) is 13.8 Å². The van der Waals surface area contributed by atoms with Gasteiger partial charge in [-0.15, -0.1) is 5.10 Å². The molecule has 2 aromatic rings. The first-order valence-corrected chi connectivity index (χ1v) is 6.60. The number of nitriles is 1. The minimum Gasteiger partial charge on any atom is -0.399 e. The monoisotopic (exact) mass is 267 g/mol. The summed E-state index contributed by atoms with van der Waals surface area (Å²) in [7, 11) is 0. The zero-order chi connectivity index (χ0) is 14.5. The van der Waals surface area contributed by atoms with Crippen LogP contribution in [0, 0.1) is 11.3 Å². The van der Waals surface area contributed by atoms with Crippen molar-refractivity contribution in [3.8, 4) is 6.07 Å². The molecule has 0 radical (unpaired) electrons. The fourth-order valence-electron chi connectivity index (χ4n) is 2.08. The Hall–Kier alpha value is -2.61. The predicted molar refractivity (Wildman–Crippen MR) is 79.6 cm³/mol. The Bertz CT molecular complexity index is 641. The lowest BCUT2D eigenvalue weighted by atomic mass is 10.0. The molecule has 20 heavy (non-hydrogen) atoms. The number of nitrogens with two attached hydrogens (primary N) is 1. The largest absolute Gasteiger partial charge is 0.399 e. The molecule has 0 atom stereocenters. The van der Waals surface area contributed by atoms with Crippen LogP contribution in [0.4, 0.5) is 17.2 Å². The number of rotatable bonds is 4. The SMILES string of the molecule is CCc1nnc(Nc2ccc(N)cc2)c(C#N)c1CC. The molecular weight excluding hydrogens is 250 g/mol. The Morgan fingerprint density at radius 2 is 1.85 bits per heavy atom. The Morgan fingerprint density at radius 1 is 1.15 bits per heavy atom. The summed E-state index contributed by atoms with van der Waals surface area (Å²) in [5, 5.41) is 20.9. The van der Waals surface area contributed by atoms with Crippen LogP contribution in [-0.4, -0.2) is 10.2 Å². The maximum absolute atomic E-state index is 9.39. The van der Waals surface area contributed by atoms with E-state index in [0.29, 0.717) is 17.1 Å². The number of anilines is 3. The maximum atomic E-state index is 9.39. The van der Waals surface area contributed by atoms with E-state index in [1.54, 1.807) is 12.1 Å². The van der Waals surface area contributed by atoms with E-state index in [4.69, 9.17) is 5.73 Å². The Kier molecular flexibility index (Phi) is 4.16. The lowest BCUT2D eigenvalue weighted by Gasteiger charge is -2.12. The third kappa shape index (κ3) is 2.69. The van der Waals surface area contributed by atoms with Gasteiger partial charge >= 0.3 is 0 Å². The molecular formula is C15H17N5. The molecule has 2 rings (SSSR count). The van der Waals surface area contributed by atoms with Gasteiger partial charge in [-0.3, -0.25) is 0 Å². The molecule has 0 aliphatic rings. The number of hydrogen-bond acceptors (Lipinski definition) is 5. The Labute approximate surface area is 118 Å². The fourth-order valence-corrected chi connectivity index (χ4v) is 2.08. The molecule has 0 spiro atoms. The fraction of sp³-hybridized carbons (Fsp3) is 0.267. The highest BCUT2D eigenvalue weighted by atomic mass is 15.2. The van der Waals surface area contributed by atoms with Crippen LogP contribution in [0.1, 0.15) is 30.7 Å². The summed E-state index contributed by atoms with van der Waals surface area (Å²) in [5.41, 5.74) is 9.58.